The Morgan fingerprint density at radius 2 is 1.76 bits per heavy atom. The van der Waals surface area contributed by atoms with Gasteiger partial charge in [0, 0.05) is 19.6 Å². The number of nitrogens with two attached hydrogens (primary N) is 1. The highest BCUT2D eigenvalue weighted by Gasteiger charge is 2.28. The fraction of sp³-hybridized carbons (Fsp3) is 0.929. The molecule has 1 aliphatic carbocycles. The number of hydrogen-bond acceptors (Lipinski definition) is 2. The van der Waals surface area contributed by atoms with Crippen LogP contribution in [0, 0.1) is 11.8 Å². The molecule has 0 aliphatic heterocycles. The molecule has 3 heteroatoms. The summed E-state index contributed by atoms with van der Waals surface area (Å²) >= 11 is 0. The maximum Gasteiger partial charge on any atom is 0.227 e. The monoisotopic (exact) mass is 240 g/mol. The van der Waals surface area contributed by atoms with Crippen LogP contribution in [0.5, 0.6) is 0 Å². The van der Waals surface area contributed by atoms with E-state index in [2.05, 4.69) is 13.8 Å². The Balaban J connectivity index is 2.60. The van der Waals surface area contributed by atoms with Crippen LogP contribution in [0.25, 0.3) is 0 Å². The molecule has 0 heterocycles. The van der Waals surface area contributed by atoms with E-state index >= 15 is 0 Å². The van der Waals surface area contributed by atoms with Crippen LogP contribution in [0.15, 0.2) is 0 Å². The molecule has 0 spiro atoms. The van der Waals surface area contributed by atoms with E-state index in [-0.39, 0.29) is 11.8 Å². The summed E-state index contributed by atoms with van der Waals surface area (Å²) in [5.74, 6) is 0.568. The van der Waals surface area contributed by atoms with Gasteiger partial charge in [-0.1, -0.05) is 39.5 Å². The van der Waals surface area contributed by atoms with Gasteiger partial charge < -0.3 is 10.6 Å². The van der Waals surface area contributed by atoms with Gasteiger partial charge in [-0.25, -0.2) is 0 Å². The van der Waals surface area contributed by atoms with Gasteiger partial charge in [0.2, 0.25) is 5.91 Å². The standard InChI is InChI=1S/C14H28N2O/c1-11(2)13(10-15)14(17)16(3)12-8-6-4-5-7-9-12/h11-13H,4-10,15H2,1-3H3. The largest absolute Gasteiger partial charge is 0.342 e. The zero-order valence-electron chi connectivity index (χ0n) is 11.6. The summed E-state index contributed by atoms with van der Waals surface area (Å²) in [6.45, 7) is 4.63. The first-order chi connectivity index (χ1) is 8.07. The van der Waals surface area contributed by atoms with Crippen molar-refractivity contribution < 1.29 is 4.79 Å². The van der Waals surface area contributed by atoms with Crippen molar-refractivity contribution in [2.75, 3.05) is 13.6 Å². The third-order valence-corrected chi connectivity index (χ3v) is 4.10. The maximum absolute atomic E-state index is 12.4. The minimum atomic E-state index is -0.0109. The lowest BCUT2D eigenvalue weighted by Crippen LogP contribution is -2.44. The van der Waals surface area contributed by atoms with E-state index < -0.39 is 0 Å². The summed E-state index contributed by atoms with van der Waals surface area (Å²) in [7, 11) is 1.96. The van der Waals surface area contributed by atoms with Crippen molar-refractivity contribution in [1.29, 1.82) is 0 Å². The molecule has 0 saturated heterocycles. The second kappa shape index (κ2) is 7.00. The van der Waals surface area contributed by atoms with E-state index in [0.29, 0.717) is 18.5 Å². The van der Waals surface area contributed by atoms with Crippen LogP contribution < -0.4 is 5.73 Å². The van der Waals surface area contributed by atoms with Crippen LogP contribution in [0.4, 0.5) is 0 Å². The van der Waals surface area contributed by atoms with Crippen LogP contribution in [0.2, 0.25) is 0 Å². The average Bonchev–Trinajstić information content (AvgIpc) is 2.56. The molecule has 0 aromatic heterocycles. The van der Waals surface area contributed by atoms with Gasteiger partial charge >= 0.3 is 0 Å². The van der Waals surface area contributed by atoms with Gasteiger partial charge in [-0.2, -0.15) is 0 Å². The van der Waals surface area contributed by atoms with E-state index in [9.17, 15) is 4.79 Å². The Hall–Kier alpha value is -0.570. The second-order valence-electron chi connectivity index (χ2n) is 5.68. The van der Waals surface area contributed by atoms with Crippen molar-refractivity contribution in [3.8, 4) is 0 Å². The molecule has 17 heavy (non-hydrogen) atoms. The van der Waals surface area contributed by atoms with Gasteiger partial charge in [-0.15, -0.1) is 0 Å². The van der Waals surface area contributed by atoms with Crippen molar-refractivity contribution in [3.05, 3.63) is 0 Å². The summed E-state index contributed by atoms with van der Waals surface area (Å²) in [5.41, 5.74) is 5.73. The second-order valence-corrected chi connectivity index (χ2v) is 5.68. The van der Waals surface area contributed by atoms with E-state index in [1.165, 1.54) is 25.7 Å². The van der Waals surface area contributed by atoms with Crippen molar-refractivity contribution >= 4 is 5.91 Å². The third-order valence-electron chi connectivity index (χ3n) is 4.10. The lowest BCUT2D eigenvalue weighted by atomic mass is 9.93. The molecule has 1 atom stereocenters. The van der Waals surface area contributed by atoms with Crippen LogP contribution in [-0.4, -0.2) is 30.4 Å². The molecular formula is C14H28N2O. The minimum absolute atomic E-state index is 0.0109. The zero-order chi connectivity index (χ0) is 12.8. The van der Waals surface area contributed by atoms with Gasteiger partial charge in [0.15, 0.2) is 0 Å². The average molecular weight is 240 g/mol. The summed E-state index contributed by atoms with van der Waals surface area (Å²) in [4.78, 5) is 14.3. The van der Waals surface area contributed by atoms with Crippen molar-refractivity contribution in [1.82, 2.24) is 4.90 Å². The summed E-state index contributed by atoms with van der Waals surface area (Å²) in [6, 6.07) is 0.442. The Morgan fingerprint density at radius 1 is 1.24 bits per heavy atom. The van der Waals surface area contributed by atoms with Crippen LogP contribution in [0.1, 0.15) is 52.4 Å². The number of rotatable bonds is 4. The van der Waals surface area contributed by atoms with E-state index in [1.807, 2.05) is 11.9 Å². The highest BCUT2D eigenvalue weighted by Crippen LogP contribution is 2.23. The number of carbonyl (C=O) groups excluding carboxylic acids is 1. The summed E-state index contributed by atoms with van der Waals surface area (Å²) < 4.78 is 0. The van der Waals surface area contributed by atoms with Gasteiger partial charge in [0.1, 0.15) is 0 Å². The molecule has 1 unspecified atom stereocenters. The van der Waals surface area contributed by atoms with E-state index in [4.69, 9.17) is 5.73 Å². The number of amides is 1. The molecule has 3 nitrogen and oxygen atoms in total. The lowest BCUT2D eigenvalue weighted by molar-refractivity contribution is -0.137. The summed E-state index contributed by atoms with van der Waals surface area (Å²) in [6.07, 6.45) is 7.50. The Morgan fingerprint density at radius 3 is 2.18 bits per heavy atom. The SMILES string of the molecule is CC(C)C(CN)C(=O)N(C)C1CCCCCC1. The molecule has 1 amide bonds. The Kier molecular flexibility index (Phi) is 5.96. The fourth-order valence-corrected chi connectivity index (χ4v) is 2.74. The van der Waals surface area contributed by atoms with E-state index in [1.54, 1.807) is 0 Å². The quantitative estimate of drug-likeness (QED) is 0.767. The summed E-state index contributed by atoms with van der Waals surface area (Å²) in [5, 5.41) is 0. The molecule has 2 N–H and O–H groups in total. The molecule has 100 valence electrons. The molecule has 0 aromatic rings. The minimum Gasteiger partial charge on any atom is -0.342 e. The van der Waals surface area contributed by atoms with Crippen LogP contribution in [-0.2, 0) is 4.79 Å². The van der Waals surface area contributed by atoms with Crippen LogP contribution >= 0.6 is 0 Å². The smallest absolute Gasteiger partial charge is 0.227 e. The Bertz CT molecular complexity index is 232. The highest BCUT2D eigenvalue weighted by molar-refractivity contribution is 5.79. The normalized spacial score (nSPS) is 20.1. The third kappa shape index (κ3) is 3.98. The lowest BCUT2D eigenvalue weighted by Gasteiger charge is -2.31. The first kappa shape index (κ1) is 14.5. The predicted octanol–water partition coefficient (Wildman–Crippen LogP) is 2.40. The molecular weight excluding hydrogens is 212 g/mol. The number of carbonyl (C=O) groups is 1. The number of hydrogen-bond donors (Lipinski definition) is 1. The number of nitrogens with zero attached hydrogens (tertiary/aromatic N) is 1. The first-order valence-electron chi connectivity index (χ1n) is 7.04. The predicted molar refractivity (Wildman–Crippen MR) is 71.6 cm³/mol. The van der Waals surface area contributed by atoms with Crippen molar-refractivity contribution in [2.24, 2.45) is 17.6 Å². The molecule has 0 aromatic carbocycles. The van der Waals surface area contributed by atoms with Gasteiger partial charge in [-0.05, 0) is 18.8 Å². The maximum atomic E-state index is 12.4. The first-order valence-corrected chi connectivity index (χ1v) is 7.04. The van der Waals surface area contributed by atoms with E-state index in [0.717, 1.165) is 12.8 Å². The topological polar surface area (TPSA) is 46.3 Å². The Labute approximate surface area is 106 Å². The fourth-order valence-electron chi connectivity index (χ4n) is 2.74. The van der Waals surface area contributed by atoms with Gasteiger partial charge in [-0.3, -0.25) is 4.79 Å². The molecule has 1 fully saturated rings. The molecule has 1 saturated carbocycles. The van der Waals surface area contributed by atoms with Crippen molar-refractivity contribution in [2.45, 2.75) is 58.4 Å². The molecule has 1 aliphatic rings. The van der Waals surface area contributed by atoms with Gasteiger partial charge in [0.05, 0.1) is 5.92 Å². The molecule has 0 radical (unpaired) electrons. The molecule has 1 rings (SSSR count). The highest BCUT2D eigenvalue weighted by atomic mass is 16.2. The molecule has 0 bridgehead atoms. The zero-order valence-corrected chi connectivity index (χ0v) is 11.6. The van der Waals surface area contributed by atoms with Crippen LogP contribution in [0.3, 0.4) is 0 Å². The van der Waals surface area contributed by atoms with Crippen molar-refractivity contribution in [3.63, 3.8) is 0 Å². The van der Waals surface area contributed by atoms with Gasteiger partial charge in [0.25, 0.3) is 0 Å².